The summed E-state index contributed by atoms with van der Waals surface area (Å²) in [5.41, 5.74) is 8.68. The van der Waals surface area contributed by atoms with Crippen LogP contribution in [0.15, 0.2) is 12.1 Å². The van der Waals surface area contributed by atoms with E-state index >= 15 is 0 Å². The molecule has 92 valence electrons. The number of aromatic nitrogens is 1. The summed E-state index contributed by atoms with van der Waals surface area (Å²) in [7, 11) is 0. The summed E-state index contributed by atoms with van der Waals surface area (Å²) in [6.07, 6.45) is 0. The lowest BCUT2D eigenvalue weighted by atomic mass is 10.2. The topological polar surface area (TPSA) is 80.5 Å². The highest BCUT2D eigenvalue weighted by Gasteiger charge is 2.15. The minimum atomic E-state index is -0.247. The van der Waals surface area contributed by atoms with Crippen molar-refractivity contribution in [2.24, 2.45) is 0 Å². The quantitative estimate of drug-likeness (QED) is 0.744. The maximum absolute atomic E-state index is 11.9. The van der Waals surface area contributed by atoms with Gasteiger partial charge in [0.25, 0.3) is 5.91 Å². The molecule has 6 nitrogen and oxygen atoms in total. The van der Waals surface area contributed by atoms with E-state index in [1.807, 2.05) is 0 Å². The van der Waals surface area contributed by atoms with Gasteiger partial charge < -0.3 is 10.5 Å². The number of anilines is 1. The van der Waals surface area contributed by atoms with Gasteiger partial charge in [0.1, 0.15) is 11.0 Å². The van der Waals surface area contributed by atoms with Crippen molar-refractivity contribution in [1.82, 2.24) is 15.4 Å². The van der Waals surface area contributed by atoms with E-state index in [9.17, 15) is 4.79 Å². The molecule has 1 saturated heterocycles. The molecule has 7 heteroatoms. The second kappa shape index (κ2) is 5.31. The highest BCUT2D eigenvalue weighted by molar-refractivity contribution is 6.29. The number of amides is 1. The van der Waals surface area contributed by atoms with Crippen molar-refractivity contribution in [3.05, 3.63) is 22.8 Å². The zero-order chi connectivity index (χ0) is 12.3. The molecule has 3 N–H and O–H groups in total. The fourth-order valence-corrected chi connectivity index (χ4v) is 1.75. The Morgan fingerprint density at radius 3 is 2.82 bits per heavy atom. The molecule has 1 fully saturated rings. The lowest BCUT2D eigenvalue weighted by molar-refractivity contribution is 0.0126. The van der Waals surface area contributed by atoms with Crippen molar-refractivity contribution >= 4 is 23.3 Å². The van der Waals surface area contributed by atoms with E-state index in [4.69, 9.17) is 22.1 Å². The molecule has 1 amide bonds. The molecule has 17 heavy (non-hydrogen) atoms. The van der Waals surface area contributed by atoms with Gasteiger partial charge >= 0.3 is 0 Å². The van der Waals surface area contributed by atoms with Gasteiger partial charge in [-0.1, -0.05) is 11.6 Å². The van der Waals surface area contributed by atoms with Crippen LogP contribution in [0.5, 0.6) is 0 Å². The van der Waals surface area contributed by atoms with E-state index in [0.717, 1.165) is 0 Å². The minimum absolute atomic E-state index is 0.206. The van der Waals surface area contributed by atoms with Crippen LogP contribution >= 0.6 is 11.6 Å². The van der Waals surface area contributed by atoms with Gasteiger partial charge in [-0.05, 0) is 12.1 Å². The van der Waals surface area contributed by atoms with Gasteiger partial charge in [0.2, 0.25) is 0 Å². The van der Waals surface area contributed by atoms with Gasteiger partial charge in [0.05, 0.1) is 13.2 Å². The van der Waals surface area contributed by atoms with Gasteiger partial charge in [-0.25, -0.2) is 9.99 Å². The number of nitrogens with two attached hydrogens (primary N) is 1. The van der Waals surface area contributed by atoms with Crippen LogP contribution in [0.1, 0.15) is 10.4 Å². The number of carbonyl (C=O) groups is 1. The summed E-state index contributed by atoms with van der Waals surface area (Å²) in [5.74, 6) is -0.0208. The highest BCUT2D eigenvalue weighted by Crippen LogP contribution is 2.12. The Bertz CT molecular complexity index is 401. The molecule has 0 aliphatic carbocycles. The number of nitrogen functional groups attached to an aromatic ring is 1. The van der Waals surface area contributed by atoms with E-state index in [1.54, 1.807) is 5.01 Å². The Kier molecular flexibility index (Phi) is 3.78. The molecule has 0 saturated carbocycles. The summed E-state index contributed by atoms with van der Waals surface area (Å²) >= 11 is 5.73. The summed E-state index contributed by atoms with van der Waals surface area (Å²) in [5, 5.41) is 2.01. The molecule has 0 aromatic carbocycles. The number of hydrazine groups is 1. The molecule has 0 spiro atoms. The average Bonchev–Trinajstić information content (AvgIpc) is 2.29. The van der Waals surface area contributed by atoms with Gasteiger partial charge in [-0.15, -0.1) is 0 Å². The largest absolute Gasteiger partial charge is 0.384 e. The number of pyridine rings is 1. The van der Waals surface area contributed by atoms with Crippen LogP contribution in [0.2, 0.25) is 5.15 Å². The lowest BCUT2D eigenvalue weighted by Crippen LogP contribution is -2.48. The van der Waals surface area contributed by atoms with Crippen LogP contribution in [0.4, 0.5) is 5.82 Å². The number of halogens is 1. The van der Waals surface area contributed by atoms with Crippen LogP contribution < -0.4 is 11.2 Å². The second-order valence-electron chi connectivity index (χ2n) is 3.64. The Balaban J connectivity index is 2.03. The molecule has 2 rings (SSSR count). The first kappa shape index (κ1) is 12.1. The lowest BCUT2D eigenvalue weighted by Gasteiger charge is -2.26. The van der Waals surface area contributed by atoms with Crippen LogP contribution in [-0.2, 0) is 4.74 Å². The van der Waals surface area contributed by atoms with E-state index < -0.39 is 0 Å². The minimum Gasteiger partial charge on any atom is -0.384 e. The van der Waals surface area contributed by atoms with E-state index in [2.05, 4.69) is 10.4 Å². The van der Waals surface area contributed by atoms with Gasteiger partial charge in [0, 0.05) is 18.7 Å². The van der Waals surface area contributed by atoms with Crippen molar-refractivity contribution < 1.29 is 9.53 Å². The average molecular weight is 257 g/mol. The molecule has 0 atom stereocenters. The molecule has 0 radical (unpaired) electrons. The fourth-order valence-electron chi connectivity index (χ4n) is 1.53. The molecule has 1 aromatic heterocycles. The van der Waals surface area contributed by atoms with Crippen molar-refractivity contribution in [2.75, 3.05) is 32.0 Å². The van der Waals surface area contributed by atoms with Gasteiger partial charge in [-0.3, -0.25) is 10.2 Å². The molecule has 1 aliphatic rings. The zero-order valence-corrected chi connectivity index (χ0v) is 9.91. The normalized spacial score (nSPS) is 16.8. The third-order valence-electron chi connectivity index (χ3n) is 2.35. The fraction of sp³-hybridized carbons (Fsp3) is 0.400. The Hall–Kier alpha value is -1.37. The van der Waals surface area contributed by atoms with Crippen LogP contribution in [0, 0.1) is 0 Å². The number of morpholine rings is 1. The van der Waals surface area contributed by atoms with E-state index in [0.29, 0.717) is 31.9 Å². The standard InChI is InChI=1S/C10H13ClN4O2/c11-8-5-7(6-9(12)13-8)10(16)14-15-1-3-17-4-2-15/h5-6H,1-4H2,(H2,12,13)(H,14,16). The first-order valence-electron chi connectivity index (χ1n) is 5.22. The number of hydrogen-bond donors (Lipinski definition) is 2. The summed E-state index contributed by atoms with van der Waals surface area (Å²) < 4.78 is 5.18. The molecule has 1 aromatic rings. The summed E-state index contributed by atoms with van der Waals surface area (Å²) in [6.45, 7) is 2.55. The van der Waals surface area contributed by atoms with Gasteiger partial charge in [0.15, 0.2) is 0 Å². The maximum atomic E-state index is 11.9. The zero-order valence-electron chi connectivity index (χ0n) is 9.15. The number of nitrogens with one attached hydrogen (secondary N) is 1. The second-order valence-corrected chi connectivity index (χ2v) is 4.03. The third-order valence-corrected chi connectivity index (χ3v) is 2.54. The molecule has 0 bridgehead atoms. The Morgan fingerprint density at radius 2 is 2.18 bits per heavy atom. The van der Waals surface area contributed by atoms with Crippen molar-refractivity contribution in [2.45, 2.75) is 0 Å². The Labute approximate surface area is 104 Å². The number of hydrogen-bond acceptors (Lipinski definition) is 5. The number of ether oxygens (including phenoxy) is 1. The molecule has 0 unspecified atom stereocenters. The van der Waals surface area contributed by atoms with E-state index in [-0.39, 0.29) is 16.9 Å². The molecule has 2 heterocycles. The number of nitrogens with zero attached hydrogens (tertiary/aromatic N) is 2. The number of carbonyl (C=O) groups excluding carboxylic acids is 1. The monoisotopic (exact) mass is 256 g/mol. The van der Waals surface area contributed by atoms with Crippen molar-refractivity contribution in [3.8, 4) is 0 Å². The molecule has 1 aliphatic heterocycles. The molecular formula is C10H13ClN4O2. The smallest absolute Gasteiger partial charge is 0.265 e. The number of rotatable bonds is 2. The predicted octanol–water partition coefficient (Wildman–Crippen LogP) is 0.294. The molecular weight excluding hydrogens is 244 g/mol. The summed E-state index contributed by atoms with van der Waals surface area (Å²) in [4.78, 5) is 15.7. The van der Waals surface area contributed by atoms with Crippen LogP contribution in [-0.4, -0.2) is 42.2 Å². The van der Waals surface area contributed by atoms with Gasteiger partial charge in [-0.2, -0.15) is 0 Å². The van der Waals surface area contributed by atoms with Crippen LogP contribution in [0.3, 0.4) is 0 Å². The van der Waals surface area contributed by atoms with Crippen molar-refractivity contribution in [1.29, 1.82) is 0 Å². The predicted molar refractivity (Wildman–Crippen MR) is 63.5 cm³/mol. The maximum Gasteiger partial charge on any atom is 0.265 e. The third kappa shape index (κ3) is 3.29. The highest BCUT2D eigenvalue weighted by atomic mass is 35.5. The summed E-state index contributed by atoms with van der Waals surface area (Å²) in [6, 6.07) is 2.97. The first-order chi connectivity index (χ1) is 8.15. The van der Waals surface area contributed by atoms with E-state index in [1.165, 1.54) is 12.1 Å². The van der Waals surface area contributed by atoms with Crippen molar-refractivity contribution in [3.63, 3.8) is 0 Å². The van der Waals surface area contributed by atoms with Crippen LogP contribution in [0.25, 0.3) is 0 Å². The Morgan fingerprint density at radius 1 is 1.47 bits per heavy atom. The first-order valence-corrected chi connectivity index (χ1v) is 5.60. The SMILES string of the molecule is Nc1cc(C(=O)NN2CCOCC2)cc(Cl)n1.